The molecule has 1 heterocycles. The van der Waals surface area contributed by atoms with Gasteiger partial charge in [0.25, 0.3) is 0 Å². The smallest absolute Gasteiger partial charge is 0.217 e. The van der Waals surface area contributed by atoms with E-state index >= 15 is 0 Å². The normalized spacial score (nSPS) is 16.2. The summed E-state index contributed by atoms with van der Waals surface area (Å²) < 4.78 is 12.9. The summed E-state index contributed by atoms with van der Waals surface area (Å²) in [7, 11) is 0. The first kappa shape index (κ1) is 7.53. The maximum absolute atomic E-state index is 12.9. The fraction of sp³-hybridized carbons (Fsp3) is 0.444. The summed E-state index contributed by atoms with van der Waals surface area (Å²) in [5, 5.41) is 3.13. The highest BCUT2D eigenvalue weighted by Gasteiger charge is 2.21. The molecule has 1 aromatic heterocycles. The van der Waals surface area contributed by atoms with E-state index in [9.17, 15) is 4.39 Å². The number of anilines is 1. The van der Waals surface area contributed by atoms with Crippen LogP contribution in [-0.2, 0) is 0 Å². The summed E-state index contributed by atoms with van der Waals surface area (Å²) in [6, 6.07) is 4.09. The van der Waals surface area contributed by atoms with Crippen LogP contribution in [0.5, 0.6) is 0 Å². The number of pyridine rings is 1. The summed E-state index contributed by atoms with van der Waals surface area (Å²) in [6.45, 7) is 1.71. The number of nitrogens with zero attached hydrogens (tertiary/aromatic N) is 1. The summed E-state index contributed by atoms with van der Waals surface area (Å²) >= 11 is 0. The minimum Gasteiger partial charge on any atom is -0.367 e. The number of hydrogen-bond donors (Lipinski definition) is 1. The third-order valence-corrected chi connectivity index (χ3v) is 1.96. The van der Waals surface area contributed by atoms with Gasteiger partial charge in [-0.05, 0) is 25.8 Å². The second-order valence-electron chi connectivity index (χ2n) is 3.22. The molecule has 1 fully saturated rings. The molecule has 0 spiro atoms. The lowest BCUT2D eigenvalue weighted by Crippen LogP contribution is -2.04. The maximum Gasteiger partial charge on any atom is 0.217 e. The predicted octanol–water partition coefficient (Wildman–Crippen LogP) is 2.10. The zero-order valence-electron chi connectivity index (χ0n) is 6.97. The van der Waals surface area contributed by atoms with Crippen molar-refractivity contribution in [3.63, 3.8) is 0 Å². The van der Waals surface area contributed by atoms with Crippen molar-refractivity contribution in [3.8, 4) is 0 Å². The first-order valence-electron chi connectivity index (χ1n) is 4.15. The summed E-state index contributed by atoms with van der Waals surface area (Å²) in [5.41, 5.74) is 0.594. The van der Waals surface area contributed by atoms with Crippen molar-refractivity contribution >= 4 is 5.82 Å². The molecule has 1 aromatic rings. The van der Waals surface area contributed by atoms with Crippen LogP contribution in [-0.4, -0.2) is 11.0 Å². The van der Waals surface area contributed by atoms with Gasteiger partial charge < -0.3 is 5.32 Å². The average molecular weight is 166 g/mol. The molecule has 0 aromatic carbocycles. The highest BCUT2D eigenvalue weighted by Crippen LogP contribution is 2.23. The molecule has 2 nitrogen and oxygen atoms in total. The Kier molecular flexibility index (Phi) is 1.71. The highest BCUT2D eigenvalue weighted by atomic mass is 19.1. The van der Waals surface area contributed by atoms with E-state index in [4.69, 9.17) is 0 Å². The number of hydrogen-bond acceptors (Lipinski definition) is 2. The van der Waals surface area contributed by atoms with Gasteiger partial charge in [0.05, 0.1) is 0 Å². The Hall–Kier alpha value is -1.12. The number of halogens is 1. The van der Waals surface area contributed by atoms with Gasteiger partial charge in [0, 0.05) is 11.6 Å². The second-order valence-corrected chi connectivity index (χ2v) is 3.22. The van der Waals surface area contributed by atoms with Gasteiger partial charge in [0.15, 0.2) is 0 Å². The van der Waals surface area contributed by atoms with E-state index in [0.29, 0.717) is 17.4 Å². The standard InChI is InChI=1S/C9H11FN2/c1-6-2-5-8(12-9(6)10)11-7-3-4-7/h2,5,7H,3-4H2,1H3,(H,11,12). The van der Waals surface area contributed by atoms with Crippen molar-refractivity contribution in [2.24, 2.45) is 0 Å². The van der Waals surface area contributed by atoms with Gasteiger partial charge in [-0.25, -0.2) is 4.98 Å². The number of rotatable bonds is 2. The number of aryl methyl sites for hydroxylation is 1. The summed E-state index contributed by atoms with van der Waals surface area (Å²) in [6.07, 6.45) is 2.36. The van der Waals surface area contributed by atoms with Crippen molar-refractivity contribution in [3.05, 3.63) is 23.6 Å². The van der Waals surface area contributed by atoms with Crippen LogP contribution in [0.4, 0.5) is 10.2 Å². The molecule has 64 valence electrons. The van der Waals surface area contributed by atoms with E-state index in [2.05, 4.69) is 10.3 Å². The molecule has 0 radical (unpaired) electrons. The Morgan fingerprint density at radius 2 is 2.25 bits per heavy atom. The highest BCUT2D eigenvalue weighted by molar-refractivity contribution is 5.38. The fourth-order valence-corrected chi connectivity index (χ4v) is 1.02. The Bertz CT molecular complexity index is 295. The van der Waals surface area contributed by atoms with Gasteiger partial charge in [-0.15, -0.1) is 0 Å². The van der Waals surface area contributed by atoms with Gasteiger partial charge in [-0.2, -0.15) is 4.39 Å². The molecule has 1 saturated carbocycles. The Morgan fingerprint density at radius 1 is 1.50 bits per heavy atom. The van der Waals surface area contributed by atoms with Crippen molar-refractivity contribution < 1.29 is 4.39 Å². The van der Waals surface area contributed by atoms with Crippen molar-refractivity contribution in [1.82, 2.24) is 4.98 Å². The molecular weight excluding hydrogens is 155 g/mol. The molecule has 1 N–H and O–H groups in total. The second kappa shape index (κ2) is 2.73. The van der Waals surface area contributed by atoms with Gasteiger partial charge in [0.1, 0.15) is 5.82 Å². The topological polar surface area (TPSA) is 24.9 Å². The van der Waals surface area contributed by atoms with E-state index in [-0.39, 0.29) is 5.95 Å². The summed E-state index contributed by atoms with van der Waals surface area (Å²) in [4.78, 5) is 3.78. The molecule has 0 aliphatic heterocycles. The molecular formula is C9H11FN2. The average Bonchev–Trinajstić information content (AvgIpc) is 2.81. The Balaban J connectivity index is 2.15. The quantitative estimate of drug-likeness (QED) is 0.680. The van der Waals surface area contributed by atoms with E-state index in [1.165, 1.54) is 12.8 Å². The van der Waals surface area contributed by atoms with Crippen molar-refractivity contribution in [2.45, 2.75) is 25.8 Å². The molecule has 0 unspecified atom stereocenters. The molecule has 0 saturated heterocycles. The van der Waals surface area contributed by atoms with Crippen LogP contribution in [0.25, 0.3) is 0 Å². The maximum atomic E-state index is 12.9. The lowest BCUT2D eigenvalue weighted by Gasteiger charge is -2.03. The molecule has 3 heteroatoms. The number of aromatic nitrogens is 1. The van der Waals surface area contributed by atoms with Crippen LogP contribution >= 0.6 is 0 Å². The first-order chi connectivity index (χ1) is 5.75. The third-order valence-electron chi connectivity index (χ3n) is 1.96. The van der Waals surface area contributed by atoms with E-state index in [1.54, 1.807) is 13.0 Å². The molecule has 0 bridgehead atoms. The van der Waals surface area contributed by atoms with Crippen molar-refractivity contribution in [2.75, 3.05) is 5.32 Å². The minimum atomic E-state index is -0.374. The van der Waals surface area contributed by atoms with Crippen LogP contribution in [0.2, 0.25) is 0 Å². The van der Waals surface area contributed by atoms with Crippen LogP contribution in [0.1, 0.15) is 18.4 Å². The lowest BCUT2D eigenvalue weighted by molar-refractivity contribution is 0.575. The van der Waals surface area contributed by atoms with Crippen LogP contribution < -0.4 is 5.32 Å². The molecule has 12 heavy (non-hydrogen) atoms. The third kappa shape index (κ3) is 1.55. The van der Waals surface area contributed by atoms with Gasteiger partial charge in [-0.1, -0.05) is 6.07 Å². The Morgan fingerprint density at radius 3 is 2.83 bits per heavy atom. The molecule has 0 atom stereocenters. The zero-order chi connectivity index (χ0) is 8.55. The van der Waals surface area contributed by atoms with E-state index in [0.717, 1.165) is 0 Å². The van der Waals surface area contributed by atoms with Crippen LogP contribution in [0, 0.1) is 12.9 Å². The SMILES string of the molecule is Cc1ccc(NC2CC2)nc1F. The molecule has 1 aliphatic rings. The summed E-state index contributed by atoms with van der Waals surface area (Å²) in [5.74, 6) is 0.279. The van der Waals surface area contributed by atoms with Crippen molar-refractivity contribution in [1.29, 1.82) is 0 Å². The van der Waals surface area contributed by atoms with E-state index < -0.39 is 0 Å². The van der Waals surface area contributed by atoms with Crippen LogP contribution in [0.15, 0.2) is 12.1 Å². The lowest BCUT2D eigenvalue weighted by atomic mass is 10.3. The minimum absolute atomic E-state index is 0.374. The first-order valence-corrected chi connectivity index (χ1v) is 4.15. The zero-order valence-corrected chi connectivity index (χ0v) is 6.97. The largest absolute Gasteiger partial charge is 0.367 e. The fourth-order valence-electron chi connectivity index (χ4n) is 1.02. The van der Waals surface area contributed by atoms with Crippen LogP contribution in [0.3, 0.4) is 0 Å². The molecule has 2 rings (SSSR count). The van der Waals surface area contributed by atoms with Gasteiger partial charge >= 0.3 is 0 Å². The molecule has 1 aliphatic carbocycles. The van der Waals surface area contributed by atoms with E-state index in [1.807, 2.05) is 6.07 Å². The monoisotopic (exact) mass is 166 g/mol. The molecule has 0 amide bonds. The number of nitrogens with one attached hydrogen (secondary N) is 1. The predicted molar refractivity (Wildman–Crippen MR) is 45.6 cm³/mol. The van der Waals surface area contributed by atoms with Gasteiger partial charge in [-0.3, -0.25) is 0 Å². The Labute approximate surface area is 70.8 Å². The van der Waals surface area contributed by atoms with Gasteiger partial charge in [0.2, 0.25) is 5.95 Å².